The van der Waals surface area contributed by atoms with E-state index in [1.807, 2.05) is 36.4 Å². The summed E-state index contributed by atoms with van der Waals surface area (Å²) in [5, 5.41) is 2.91. The van der Waals surface area contributed by atoms with Crippen LogP contribution in [0.3, 0.4) is 0 Å². The van der Waals surface area contributed by atoms with E-state index in [0.717, 1.165) is 17.3 Å². The lowest BCUT2D eigenvalue weighted by molar-refractivity contribution is 0.102. The van der Waals surface area contributed by atoms with Crippen molar-refractivity contribution in [3.8, 4) is 11.4 Å². The SMILES string of the molecule is CS(=O)(=O)c1cc(C(=O)Nc2ccccc2-c2nc3ccccc3[nH]2)ccc1Cl. The molecule has 0 spiro atoms. The molecule has 29 heavy (non-hydrogen) atoms. The van der Waals surface area contributed by atoms with Gasteiger partial charge in [0.25, 0.3) is 5.91 Å². The summed E-state index contributed by atoms with van der Waals surface area (Å²) in [6, 6.07) is 19.0. The molecule has 0 radical (unpaired) electrons. The van der Waals surface area contributed by atoms with Gasteiger partial charge in [-0.05, 0) is 42.5 Å². The summed E-state index contributed by atoms with van der Waals surface area (Å²) in [7, 11) is -3.56. The van der Waals surface area contributed by atoms with Crippen LogP contribution in [0.4, 0.5) is 5.69 Å². The lowest BCUT2D eigenvalue weighted by Crippen LogP contribution is -2.13. The Hall–Kier alpha value is -3.16. The van der Waals surface area contributed by atoms with E-state index in [4.69, 9.17) is 11.6 Å². The number of amides is 1. The maximum atomic E-state index is 12.8. The molecule has 0 aliphatic heterocycles. The molecule has 146 valence electrons. The summed E-state index contributed by atoms with van der Waals surface area (Å²) >= 11 is 5.97. The van der Waals surface area contributed by atoms with E-state index in [1.54, 1.807) is 12.1 Å². The van der Waals surface area contributed by atoms with Crippen molar-refractivity contribution in [2.45, 2.75) is 4.90 Å². The van der Waals surface area contributed by atoms with Crippen molar-refractivity contribution in [1.29, 1.82) is 0 Å². The summed E-state index contributed by atoms with van der Waals surface area (Å²) in [5.74, 6) is 0.171. The van der Waals surface area contributed by atoms with E-state index in [9.17, 15) is 13.2 Å². The van der Waals surface area contributed by atoms with Gasteiger partial charge < -0.3 is 10.3 Å². The lowest BCUT2D eigenvalue weighted by atomic mass is 10.1. The van der Waals surface area contributed by atoms with E-state index in [2.05, 4.69) is 15.3 Å². The molecule has 4 aromatic rings. The maximum absolute atomic E-state index is 12.8. The van der Waals surface area contributed by atoms with Gasteiger partial charge in [0.1, 0.15) is 5.82 Å². The number of hydrogen-bond donors (Lipinski definition) is 2. The molecule has 2 N–H and O–H groups in total. The van der Waals surface area contributed by atoms with Crippen molar-refractivity contribution in [3.05, 3.63) is 77.3 Å². The van der Waals surface area contributed by atoms with Crippen LogP contribution in [0.2, 0.25) is 5.02 Å². The van der Waals surface area contributed by atoms with Crippen molar-refractivity contribution in [1.82, 2.24) is 9.97 Å². The maximum Gasteiger partial charge on any atom is 0.255 e. The second-order valence-corrected chi connectivity index (χ2v) is 8.91. The highest BCUT2D eigenvalue weighted by atomic mass is 35.5. The monoisotopic (exact) mass is 425 g/mol. The number of aromatic nitrogens is 2. The number of rotatable bonds is 4. The number of benzene rings is 3. The highest BCUT2D eigenvalue weighted by molar-refractivity contribution is 7.90. The number of para-hydroxylation sites is 3. The second-order valence-electron chi connectivity index (χ2n) is 6.52. The van der Waals surface area contributed by atoms with Gasteiger partial charge in [0.05, 0.1) is 26.6 Å². The average molecular weight is 426 g/mol. The van der Waals surface area contributed by atoms with Gasteiger partial charge in [-0.25, -0.2) is 13.4 Å². The third kappa shape index (κ3) is 3.87. The molecule has 3 aromatic carbocycles. The highest BCUT2D eigenvalue weighted by Crippen LogP contribution is 2.28. The predicted molar refractivity (Wildman–Crippen MR) is 114 cm³/mol. The minimum atomic E-state index is -3.56. The van der Waals surface area contributed by atoms with Gasteiger partial charge in [-0.3, -0.25) is 4.79 Å². The van der Waals surface area contributed by atoms with E-state index in [-0.39, 0.29) is 15.5 Å². The van der Waals surface area contributed by atoms with Crippen LogP contribution in [0.5, 0.6) is 0 Å². The number of carbonyl (C=O) groups is 1. The Labute approximate surface area is 172 Å². The molecular weight excluding hydrogens is 410 g/mol. The number of anilines is 1. The van der Waals surface area contributed by atoms with Crippen molar-refractivity contribution < 1.29 is 13.2 Å². The summed E-state index contributed by atoms with van der Waals surface area (Å²) in [4.78, 5) is 20.5. The van der Waals surface area contributed by atoms with Crippen LogP contribution in [0.25, 0.3) is 22.4 Å². The Kier molecular flexibility index (Phi) is 4.86. The third-order valence-electron chi connectivity index (χ3n) is 4.41. The zero-order valence-corrected chi connectivity index (χ0v) is 16.9. The number of halogens is 1. The van der Waals surface area contributed by atoms with Crippen LogP contribution in [-0.2, 0) is 9.84 Å². The molecule has 4 rings (SSSR count). The number of nitrogens with one attached hydrogen (secondary N) is 2. The first-order chi connectivity index (χ1) is 13.8. The molecule has 0 aliphatic rings. The van der Waals surface area contributed by atoms with E-state index in [0.29, 0.717) is 17.1 Å². The topological polar surface area (TPSA) is 91.9 Å². The number of sulfone groups is 1. The molecule has 8 heteroatoms. The van der Waals surface area contributed by atoms with Crippen LogP contribution in [0.1, 0.15) is 10.4 Å². The van der Waals surface area contributed by atoms with Crippen LogP contribution >= 0.6 is 11.6 Å². The molecule has 1 heterocycles. The Bertz CT molecular complexity index is 1310. The minimum Gasteiger partial charge on any atom is -0.338 e. The largest absolute Gasteiger partial charge is 0.338 e. The molecular formula is C21H16ClN3O3S. The second kappa shape index (κ2) is 7.35. The number of fused-ring (bicyclic) bond motifs is 1. The Morgan fingerprint density at radius 1 is 1.03 bits per heavy atom. The van der Waals surface area contributed by atoms with Crippen molar-refractivity contribution >= 4 is 44.1 Å². The summed E-state index contributed by atoms with van der Waals surface area (Å²) in [6.45, 7) is 0. The van der Waals surface area contributed by atoms with Gasteiger partial charge in [-0.1, -0.05) is 35.9 Å². The fraction of sp³-hybridized carbons (Fsp3) is 0.0476. The van der Waals surface area contributed by atoms with Crippen molar-refractivity contribution in [2.24, 2.45) is 0 Å². The number of nitrogens with zero attached hydrogens (tertiary/aromatic N) is 1. The molecule has 0 bridgehead atoms. The first-order valence-corrected chi connectivity index (χ1v) is 10.9. The highest BCUT2D eigenvalue weighted by Gasteiger charge is 2.17. The molecule has 1 amide bonds. The summed E-state index contributed by atoms with van der Waals surface area (Å²) in [5.41, 5.74) is 3.16. The van der Waals surface area contributed by atoms with E-state index in [1.165, 1.54) is 18.2 Å². The molecule has 0 fully saturated rings. The zero-order chi connectivity index (χ0) is 20.6. The summed E-state index contributed by atoms with van der Waals surface area (Å²) < 4.78 is 23.8. The smallest absolute Gasteiger partial charge is 0.255 e. The standard InChI is InChI=1S/C21H16ClN3O3S/c1-29(27,28)19-12-13(10-11-15(19)22)21(26)25-16-7-3-2-6-14(16)20-23-17-8-4-5-9-18(17)24-20/h2-12H,1H3,(H,23,24)(H,25,26). The van der Waals surface area contributed by atoms with Gasteiger partial charge in [0, 0.05) is 17.4 Å². The molecule has 0 saturated heterocycles. The molecule has 0 atom stereocenters. The van der Waals surface area contributed by atoms with Gasteiger partial charge in [-0.2, -0.15) is 0 Å². The molecule has 0 unspecified atom stereocenters. The average Bonchev–Trinajstić information content (AvgIpc) is 3.11. The van der Waals surface area contributed by atoms with Gasteiger partial charge >= 0.3 is 0 Å². The van der Waals surface area contributed by atoms with E-state index >= 15 is 0 Å². The number of hydrogen-bond acceptors (Lipinski definition) is 4. The number of H-pyrrole nitrogens is 1. The first kappa shape index (κ1) is 19.2. The molecule has 1 aromatic heterocycles. The van der Waals surface area contributed by atoms with Crippen LogP contribution in [0, 0.1) is 0 Å². The number of imidazole rings is 1. The quantitative estimate of drug-likeness (QED) is 0.502. The number of carbonyl (C=O) groups excluding carboxylic acids is 1. The van der Waals surface area contributed by atoms with Crippen LogP contribution < -0.4 is 5.32 Å². The normalized spacial score (nSPS) is 11.5. The predicted octanol–water partition coefficient (Wildman–Crippen LogP) is 4.54. The van der Waals surface area contributed by atoms with Gasteiger partial charge in [0.2, 0.25) is 0 Å². The first-order valence-electron chi connectivity index (χ1n) is 8.68. The minimum absolute atomic E-state index is 0.0757. The lowest BCUT2D eigenvalue weighted by Gasteiger charge is -2.11. The van der Waals surface area contributed by atoms with E-state index < -0.39 is 15.7 Å². The molecule has 0 saturated carbocycles. The third-order valence-corrected chi connectivity index (χ3v) is 5.99. The Morgan fingerprint density at radius 2 is 1.76 bits per heavy atom. The number of aromatic amines is 1. The van der Waals surface area contributed by atoms with Crippen LogP contribution in [0.15, 0.2) is 71.6 Å². The summed E-state index contributed by atoms with van der Waals surface area (Å²) in [6.07, 6.45) is 1.05. The fourth-order valence-electron chi connectivity index (χ4n) is 3.00. The Balaban J connectivity index is 1.70. The zero-order valence-electron chi connectivity index (χ0n) is 15.3. The van der Waals surface area contributed by atoms with Crippen molar-refractivity contribution in [3.63, 3.8) is 0 Å². The van der Waals surface area contributed by atoms with Gasteiger partial charge in [-0.15, -0.1) is 0 Å². The Morgan fingerprint density at radius 3 is 2.52 bits per heavy atom. The van der Waals surface area contributed by atoms with Gasteiger partial charge in [0.15, 0.2) is 9.84 Å². The molecule has 6 nitrogen and oxygen atoms in total. The fourth-order valence-corrected chi connectivity index (χ4v) is 4.30. The van der Waals surface area contributed by atoms with Crippen LogP contribution in [-0.4, -0.2) is 30.5 Å². The van der Waals surface area contributed by atoms with Crippen molar-refractivity contribution in [2.75, 3.05) is 11.6 Å². The molecule has 0 aliphatic carbocycles.